The zero-order valence-corrected chi connectivity index (χ0v) is 18.3. The van der Waals surface area contributed by atoms with Crippen LogP contribution in [0.15, 0.2) is 36.5 Å². The largest absolute Gasteiger partial charge is 0.496 e. The summed E-state index contributed by atoms with van der Waals surface area (Å²) in [5.41, 5.74) is 4.58. The molecule has 2 aromatic carbocycles. The lowest BCUT2D eigenvalue weighted by Crippen LogP contribution is -2.23. The van der Waals surface area contributed by atoms with Crippen LogP contribution in [0.4, 0.5) is 11.6 Å². The first kappa shape index (κ1) is 20.0. The van der Waals surface area contributed by atoms with E-state index in [1.165, 1.54) is 18.4 Å². The van der Waals surface area contributed by atoms with Crippen molar-refractivity contribution in [1.29, 1.82) is 0 Å². The summed E-state index contributed by atoms with van der Waals surface area (Å²) in [5.74, 6) is 2.04. The minimum Gasteiger partial charge on any atom is -0.496 e. The third-order valence-corrected chi connectivity index (χ3v) is 5.70. The molecule has 0 bridgehead atoms. The van der Waals surface area contributed by atoms with Gasteiger partial charge in [-0.15, -0.1) is 5.10 Å². The molecule has 1 saturated carbocycles. The second-order valence-corrected chi connectivity index (χ2v) is 7.91. The Kier molecular flexibility index (Phi) is 5.01. The average molecular weight is 432 g/mol. The van der Waals surface area contributed by atoms with Gasteiger partial charge < -0.3 is 15.4 Å². The number of fused-ring (bicyclic) bond motifs is 1. The summed E-state index contributed by atoms with van der Waals surface area (Å²) in [6.45, 7) is 2.43. The molecule has 0 aliphatic heterocycles. The molecule has 1 fully saturated rings. The first-order valence-corrected chi connectivity index (χ1v) is 10.7. The number of hydrogen-bond acceptors (Lipinski definition) is 6. The molecule has 4 aromatic rings. The number of hydrogen-bond donors (Lipinski definition) is 3. The van der Waals surface area contributed by atoms with E-state index in [2.05, 4.69) is 32.0 Å². The van der Waals surface area contributed by atoms with Crippen LogP contribution in [-0.4, -0.2) is 44.5 Å². The Morgan fingerprint density at radius 3 is 2.88 bits per heavy atom. The van der Waals surface area contributed by atoms with Crippen LogP contribution in [0.25, 0.3) is 22.3 Å². The van der Waals surface area contributed by atoms with Crippen LogP contribution in [0.1, 0.15) is 41.6 Å². The molecule has 1 aliphatic carbocycles. The summed E-state index contributed by atoms with van der Waals surface area (Å²) < 4.78 is 7.16. The number of H-pyrrole nitrogens is 1. The Labute approximate surface area is 185 Å². The van der Waals surface area contributed by atoms with E-state index in [0.29, 0.717) is 35.5 Å². The predicted molar refractivity (Wildman–Crippen MR) is 122 cm³/mol. The van der Waals surface area contributed by atoms with Gasteiger partial charge in [0.05, 0.1) is 24.4 Å². The second kappa shape index (κ2) is 7.99. The number of aromatic amines is 1. The molecule has 5 rings (SSSR count). The molecule has 0 spiro atoms. The zero-order valence-electron chi connectivity index (χ0n) is 18.3. The number of carbonyl (C=O) groups excluding carboxylic acids is 1. The number of aryl methyl sites for hydroxylation is 1. The van der Waals surface area contributed by atoms with Crippen LogP contribution in [0, 0.1) is 0 Å². The normalized spacial score (nSPS) is 13.3. The minimum atomic E-state index is -0.172. The predicted octanol–water partition coefficient (Wildman–Crippen LogP) is 3.74. The molecule has 164 valence electrons. The number of anilines is 2. The highest BCUT2D eigenvalue weighted by Gasteiger charge is 2.29. The molecule has 0 atom stereocenters. The van der Waals surface area contributed by atoms with Gasteiger partial charge in [-0.2, -0.15) is 10.1 Å². The monoisotopic (exact) mass is 431 g/mol. The number of methoxy groups -OCH3 is 1. The molecule has 2 heterocycles. The SMILES string of the molecule is CCNC(=O)c1ccc(-c2nc(Nc3ccc4[nH]ncc4c3C3CC3)n(C)n2)cc1OC. The van der Waals surface area contributed by atoms with E-state index in [1.54, 1.807) is 23.9 Å². The van der Waals surface area contributed by atoms with Gasteiger partial charge in [0.2, 0.25) is 5.95 Å². The zero-order chi connectivity index (χ0) is 22.2. The van der Waals surface area contributed by atoms with Gasteiger partial charge in [-0.05, 0) is 55.5 Å². The summed E-state index contributed by atoms with van der Waals surface area (Å²) in [6.07, 6.45) is 4.25. The number of rotatable bonds is 7. The van der Waals surface area contributed by atoms with Gasteiger partial charge in [0.25, 0.3) is 5.91 Å². The number of benzene rings is 2. The highest BCUT2D eigenvalue weighted by Crippen LogP contribution is 2.47. The third-order valence-electron chi connectivity index (χ3n) is 5.70. The molecule has 9 nitrogen and oxygen atoms in total. The van der Waals surface area contributed by atoms with Gasteiger partial charge in [-0.3, -0.25) is 9.89 Å². The maximum absolute atomic E-state index is 12.3. The Balaban J connectivity index is 1.47. The molecular formula is C23H25N7O2. The number of carbonyl (C=O) groups is 1. The molecule has 0 radical (unpaired) electrons. The summed E-state index contributed by atoms with van der Waals surface area (Å²) in [6, 6.07) is 9.45. The highest BCUT2D eigenvalue weighted by molar-refractivity contribution is 5.97. The average Bonchev–Trinajstić information content (AvgIpc) is 3.41. The van der Waals surface area contributed by atoms with E-state index in [0.717, 1.165) is 22.2 Å². The summed E-state index contributed by atoms with van der Waals surface area (Å²) >= 11 is 0. The van der Waals surface area contributed by atoms with Crippen LogP contribution >= 0.6 is 0 Å². The number of nitrogens with one attached hydrogen (secondary N) is 3. The number of amides is 1. The standard InChI is InChI=1S/C23H25N7O2/c1-4-24-22(31)15-8-7-14(11-19(15)32-3)21-27-23(30(2)29-21)26-18-10-9-17-16(12-25-28-17)20(18)13-5-6-13/h7-13H,4-6H2,1-3H3,(H,24,31)(H,25,28)(H,26,27,29). The molecule has 3 N–H and O–H groups in total. The van der Waals surface area contributed by atoms with E-state index in [9.17, 15) is 4.79 Å². The fraction of sp³-hybridized carbons (Fsp3) is 0.304. The lowest BCUT2D eigenvalue weighted by Gasteiger charge is -2.11. The van der Waals surface area contributed by atoms with Gasteiger partial charge in [-0.1, -0.05) is 6.07 Å². The maximum Gasteiger partial charge on any atom is 0.255 e. The molecule has 1 amide bonds. The van der Waals surface area contributed by atoms with Gasteiger partial charge >= 0.3 is 0 Å². The van der Waals surface area contributed by atoms with Crippen molar-refractivity contribution in [3.63, 3.8) is 0 Å². The van der Waals surface area contributed by atoms with Crippen molar-refractivity contribution in [3.05, 3.63) is 47.7 Å². The fourth-order valence-electron chi connectivity index (χ4n) is 3.97. The number of aromatic nitrogens is 5. The maximum atomic E-state index is 12.3. The van der Waals surface area contributed by atoms with Crippen LogP contribution in [-0.2, 0) is 7.05 Å². The molecule has 32 heavy (non-hydrogen) atoms. The Morgan fingerprint density at radius 2 is 2.12 bits per heavy atom. The third kappa shape index (κ3) is 3.55. The van der Waals surface area contributed by atoms with Crippen LogP contribution < -0.4 is 15.4 Å². The summed E-state index contributed by atoms with van der Waals surface area (Å²) in [4.78, 5) is 17.0. The van der Waals surface area contributed by atoms with Crippen molar-refractivity contribution < 1.29 is 9.53 Å². The minimum absolute atomic E-state index is 0.172. The smallest absolute Gasteiger partial charge is 0.255 e. The van der Waals surface area contributed by atoms with E-state index >= 15 is 0 Å². The topological polar surface area (TPSA) is 110 Å². The van der Waals surface area contributed by atoms with Crippen molar-refractivity contribution in [2.24, 2.45) is 7.05 Å². The van der Waals surface area contributed by atoms with Gasteiger partial charge in [-0.25, -0.2) is 4.68 Å². The van der Waals surface area contributed by atoms with Crippen molar-refractivity contribution in [1.82, 2.24) is 30.3 Å². The quantitative estimate of drug-likeness (QED) is 0.411. The van der Waals surface area contributed by atoms with E-state index in [1.807, 2.05) is 32.3 Å². The lowest BCUT2D eigenvalue weighted by atomic mass is 10.0. The Hall–Kier alpha value is -3.88. The van der Waals surface area contributed by atoms with Crippen molar-refractivity contribution in [2.75, 3.05) is 19.0 Å². The first-order chi connectivity index (χ1) is 15.6. The molecule has 2 aromatic heterocycles. The van der Waals surface area contributed by atoms with Crippen molar-refractivity contribution >= 4 is 28.4 Å². The Bertz CT molecular complexity index is 1300. The molecule has 0 saturated heterocycles. The van der Waals surface area contributed by atoms with Crippen molar-refractivity contribution in [3.8, 4) is 17.1 Å². The van der Waals surface area contributed by atoms with Crippen LogP contribution in [0.2, 0.25) is 0 Å². The van der Waals surface area contributed by atoms with E-state index in [-0.39, 0.29) is 5.91 Å². The van der Waals surface area contributed by atoms with Gasteiger partial charge in [0.1, 0.15) is 5.75 Å². The number of ether oxygens (including phenoxy) is 1. The second-order valence-electron chi connectivity index (χ2n) is 7.91. The molecule has 9 heteroatoms. The molecule has 0 unspecified atom stereocenters. The van der Waals surface area contributed by atoms with Gasteiger partial charge in [0.15, 0.2) is 5.82 Å². The van der Waals surface area contributed by atoms with Crippen LogP contribution in [0.5, 0.6) is 5.75 Å². The summed E-state index contributed by atoms with van der Waals surface area (Å²) in [5, 5.41) is 19.2. The summed E-state index contributed by atoms with van der Waals surface area (Å²) in [7, 11) is 3.40. The molecular weight excluding hydrogens is 406 g/mol. The number of nitrogens with zero attached hydrogens (tertiary/aromatic N) is 4. The highest BCUT2D eigenvalue weighted by atomic mass is 16.5. The fourth-order valence-corrected chi connectivity index (χ4v) is 3.97. The van der Waals surface area contributed by atoms with Crippen LogP contribution in [0.3, 0.4) is 0 Å². The first-order valence-electron chi connectivity index (χ1n) is 10.7. The van der Waals surface area contributed by atoms with E-state index < -0.39 is 0 Å². The lowest BCUT2D eigenvalue weighted by molar-refractivity contribution is 0.0953. The Morgan fingerprint density at radius 1 is 1.28 bits per heavy atom. The van der Waals surface area contributed by atoms with E-state index in [4.69, 9.17) is 9.72 Å². The van der Waals surface area contributed by atoms with Gasteiger partial charge in [0, 0.05) is 30.2 Å². The van der Waals surface area contributed by atoms with Crippen molar-refractivity contribution in [2.45, 2.75) is 25.7 Å². The molecule has 1 aliphatic rings.